The summed E-state index contributed by atoms with van der Waals surface area (Å²) in [4.78, 5) is 42.8. The molecule has 3 aliphatic rings. The van der Waals surface area contributed by atoms with Gasteiger partial charge in [-0.15, -0.1) is 0 Å². The molecular weight excluding hydrogens is 320 g/mol. The van der Waals surface area contributed by atoms with E-state index in [1.165, 1.54) is 0 Å². The Morgan fingerprint density at radius 3 is 2.40 bits per heavy atom. The normalized spacial score (nSPS) is 24.4. The van der Waals surface area contributed by atoms with Crippen LogP contribution in [0.2, 0.25) is 0 Å². The number of nitrogens with one attached hydrogen (secondary N) is 1. The molecule has 1 N–H and O–H groups in total. The molecule has 25 heavy (non-hydrogen) atoms. The lowest BCUT2D eigenvalue weighted by Gasteiger charge is -2.35. The Balaban J connectivity index is 1.42. The van der Waals surface area contributed by atoms with Crippen LogP contribution in [0.5, 0.6) is 0 Å². The number of hydrogen-bond donors (Lipinski definition) is 1. The van der Waals surface area contributed by atoms with Crippen molar-refractivity contribution >= 4 is 17.7 Å². The van der Waals surface area contributed by atoms with E-state index in [9.17, 15) is 14.4 Å². The highest BCUT2D eigenvalue weighted by Crippen LogP contribution is 2.28. The smallest absolute Gasteiger partial charge is 0.245 e. The molecule has 140 valence electrons. The van der Waals surface area contributed by atoms with Crippen LogP contribution >= 0.6 is 0 Å². The van der Waals surface area contributed by atoms with Gasteiger partial charge in [-0.1, -0.05) is 0 Å². The van der Waals surface area contributed by atoms with E-state index in [0.29, 0.717) is 25.9 Å². The molecule has 2 heterocycles. The van der Waals surface area contributed by atoms with Crippen molar-refractivity contribution < 1.29 is 14.4 Å². The van der Waals surface area contributed by atoms with Gasteiger partial charge >= 0.3 is 0 Å². The Morgan fingerprint density at radius 2 is 1.72 bits per heavy atom. The van der Waals surface area contributed by atoms with Gasteiger partial charge in [-0.05, 0) is 39.2 Å². The third kappa shape index (κ3) is 4.71. The van der Waals surface area contributed by atoms with Crippen molar-refractivity contribution in [1.82, 2.24) is 20.0 Å². The number of piperazine rings is 1. The molecule has 0 bridgehead atoms. The van der Waals surface area contributed by atoms with Crippen LogP contribution in [0.15, 0.2) is 0 Å². The fourth-order valence-electron chi connectivity index (χ4n) is 3.64. The third-order valence-corrected chi connectivity index (χ3v) is 5.49. The van der Waals surface area contributed by atoms with Crippen LogP contribution in [0.1, 0.15) is 38.5 Å². The summed E-state index contributed by atoms with van der Waals surface area (Å²) in [6.07, 6.45) is 4.70. The molecule has 0 spiro atoms. The molecule has 1 atom stereocenters. The van der Waals surface area contributed by atoms with Gasteiger partial charge in [0.15, 0.2) is 0 Å². The average Bonchev–Trinajstić information content (AvgIpc) is 3.35. The molecule has 0 aromatic carbocycles. The quantitative estimate of drug-likeness (QED) is 0.688. The fourth-order valence-corrected chi connectivity index (χ4v) is 3.64. The molecule has 1 saturated carbocycles. The molecule has 3 rings (SSSR count). The highest BCUT2D eigenvalue weighted by atomic mass is 16.2. The zero-order valence-corrected chi connectivity index (χ0v) is 15.2. The second kappa shape index (κ2) is 8.17. The van der Waals surface area contributed by atoms with Crippen LogP contribution < -0.4 is 5.32 Å². The highest BCUT2D eigenvalue weighted by molar-refractivity contribution is 5.88. The fraction of sp³-hybridized carbons (Fsp3) is 0.833. The van der Waals surface area contributed by atoms with Crippen molar-refractivity contribution in [3.8, 4) is 0 Å². The van der Waals surface area contributed by atoms with Crippen molar-refractivity contribution in [2.24, 2.45) is 5.92 Å². The number of nitrogens with zero attached hydrogens (tertiary/aromatic N) is 3. The van der Waals surface area contributed by atoms with Crippen LogP contribution in [-0.4, -0.2) is 84.8 Å². The maximum atomic E-state index is 12.8. The van der Waals surface area contributed by atoms with Crippen LogP contribution in [0.25, 0.3) is 0 Å². The number of likely N-dealkylation sites (tertiary alicyclic amines) is 1. The predicted octanol–water partition coefficient (Wildman–Crippen LogP) is 0.0578. The highest BCUT2D eigenvalue weighted by Gasteiger charge is 2.36. The Kier molecular flexibility index (Phi) is 5.93. The van der Waals surface area contributed by atoms with Crippen LogP contribution in [0.3, 0.4) is 0 Å². The minimum Gasteiger partial charge on any atom is -0.356 e. The van der Waals surface area contributed by atoms with Gasteiger partial charge < -0.3 is 20.0 Å². The van der Waals surface area contributed by atoms with E-state index in [2.05, 4.69) is 17.3 Å². The molecule has 3 amide bonds. The Morgan fingerprint density at radius 1 is 1.00 bits per heavy atom. The van der Waals surface area contributed by atoms with E-state index in [0.717, 1.165) is 51.9 Å². The third-order valence-electron chi connectivity index (χ3n) is 5.49. The largest absolute Gasteiger partial charge is 0.356 e. The van der Waals surface area contributed by atoms with Crippen LogP contribution in [0.4, 0.5) is 0 Å². The van der Waals surface area contributed by atoms with Crippen molar-refractivity contribution in [2.75, 3.05) is 46.3 Å². The molecule has 0 aromatic rings. The summed E-state index contributed by atoms with van der Waals surface area (Å²) >= 11 is 0. The predicted molar refractivity (Wildman–Crippen MR) is 93.8 cm³/mol. The second-order valence-electron chi connectivity index (χ2n) is 7.54. The SMILES string of the molecule is CN1CCN(C(=O)C2CCCN2C(=O)CCCNC(=O)C2CC2)CC1. The first kappa shape index (κ1) is 18.2. The maximum Gasteiger partial charge on any atom is 0.245 e. The van der Waals surface area contributed by atoms with E-state index >= 15 is 0 Å². The lowest BCUT2D eigenvalue weighted by atomic mass is 10.1. The van der Waals surface area contributed by atoms with Gasteiger partial charge in [0, 0.05) is 51.6 Å². The molecule has 7 heteroatoms. The lowest BCUT2D eigenvalue weighted by molar-refractivity contribution is -0.144. The Bertz CT molecular complexity index is 512. The summed E-state index contributed by atoms with van der Waals surface area (Å²) in [7, 11) is 2.06. The van der Waals surface area contributed by atoms with Gasteiger partial charge in [0.05, 0.1) is 0 Å². The number of rotatable bonds is 6. The number of likely N-dealkylation sites (N-methyl/N-ethyl adjacent to an activating group) is 1. The summed E-state index contributed by atoms with van der Waals surface area (Å²) < 4.78 is 0. The summed E-state index contributed by atoms with van der Waals surface area (Å²) in [5, 5.41) is 2.89. The Hall–Kier alpha value is -1.63. The molecule has 2 aliphatic heterocycles. The van der Waals surface area contributed by atoms with Crippen LogP contribution in [-0.2, 0) is 14.4 Å². The number of amides is 3. The zero-order chi connectivity index (χ0) is 17.8. The van der Waals surface area contributed by atoms with E-state index in [-0.39, 0.29) is 29.7 Å². The van der Waals surface area contributed by atoms with Crippen LogP contribution in [0, 0.1) is 5.92 Å². The Labute approximate surface area is 149 Å². The van der Waals surface area contributed by atoms with Crippen molar-refractivity contribution in [3.63, 3.8) is 0 Å². The zero-order valence-electron chi connectivity index (χ0n) is 15.2. The van der Waals surface area contributed by atoms with E-state index in [1.807, 2.05) is 4.90 Å². The van der Waals surface area contributed by atoms with Crippen molar-refractivity contribution in [2.45, 2.75) is 44.6 Å². The molecule has 0 radical (unpaired) electrons. The lowest BCUT2D eigenvalue weighted by Crippen LogP contribution is -2.53. The molecule has 7 nitrogen and oxygen atoms in total. The topological polar surface area (TPSA) is 73.0 Å². The first-order valence-corrected chi connectivity index (χ1v) is 9.61. The average molecular weight is 350 g/mol. The van der Waals surface area contributed by atoms with E-state index in [1.54, 1.807) is 4.90 Å². The number of carbonyl (C=O) groups excluding carboxylic acids is 3. The van der Waals surface area contributed by atoms with Gasteiger partial charge in [0.25, 0.3) is 0 Å². The van der Waals surface area contributed by atoms with E-state index < -0.39 is 0 Å². The monoisotopic (exact) mass is 350 g/mol. The van der Waals surface area contributed by atoms with Crippen molar-refractivity contribution in [3.05, 3.63) is 0 Å². The molecule has 1 aliphatic carbocycles. The summed E-state index contributed by atoms with van der Waals surface area (Å²) in [5.41, 5.74) is 0. The summed E-state index contributed by atoms with van der Waals surface area (Å²) in [6.45, 7) is 4.52. The van der Waals surface area contributed by atoms with Gasteiger partial charge in [-0.2, -0.15) is 0 Å². The molecule has 2 saturated heterocycles. The standard InChI is InChI=1S/C18H30N4O3/c1-20-10-12-21(13-11-20)18(25)15-4-3-9-22(15)16(23)5-2-8-19-17(24)14-6-7-14/h14-15H,2-13H2,1H3,(H,19,24). The van der Waals surface area contributed by atoms with Crippen molar-refractivity contribution in [1.29, 1.82) is 0 Å². The minimum absolute atomic E-state index is 0.0469. The van der Waals surface area contributed by atoms with Gasteiger partial charge in [0.2, 0.25) is 17.7 Å². The molecule has 1 unspecified atom stereocenters. The van der Waals surface area contributed by atoms with Gasteiger partial charge in [-0.3, -0.25) is 14.4 Å². The van der Waals surface area contributed by atoms with Gasteiger partial charge in [0.1, 0.15) is 6.04 Å². The number of hydrogen-bond acceptors (Lipinski definition) is 4. The first-order chi connectivity index (χ1) is 12.1. The molecule has 0 aromatic heterocycles. The summed E-state index contributed by atoms with van der Waals surface area (Å²) in [6, 6.07) is -0.281. The molecular formula is C18H30N4O3. The molecule has 3 fully saturated rings. The maximum absolute atomic E-state index is 12.8. The van der Waals surface area contributed by atoms with E-state index in [4.69, 9.17) is 0 Å². The second-order valence-corrected chi connectivity index (χ2v) is 7.54. The minimum atomic E-state index is -0.281. The summed E-state index contributed by atoms with van der Waals surface area (Å²) in [5.74, 6) is 0.489. The number of carbonyl (C=O) groups is 3. The van der Waals surface area contributed by atoms with Gasteiger partial charge in [-0.25, -0.2) is 0 Å². The first-order valence-electron chi connectivity index (χ1n) is 9.61.